The minimum absolute atomic E-state index is 0.0561. The molecule has 0 aliphatic heterocycles. The summed E-state index contributed by atoms with van der Waals surface area (Å²) in [4.78, 5) is 11.4. The second-order valence-corrected chi connectivity index (χ2v) is 6.57. The highest BCUT2D eigenvalue weighted by Crippen LogP contribution is 2.33. The number of benzene rings is 2. The lowest BCUT2D eigenvalue weighted by Crippen LogP contribution is -1.97. The summed E-state index contributed by atoms with van der Waals surface area (Å²) in [5.41, 5.74) is 2.19. The number of aromatic nitrogens is 3. The Morgan fingerprint density at radius 2 is 1.80 bits per heavy atom. The van der Waals surface area contributed by atoms with Crippen molar-refractivity contribution in [1.82, 2.24) is 15.4 Å². The number of aryl methyl sites for hydroxylation is 1. The molecule has 0 unspecified atom stereocenters. The van der Waals surface area contributed by atoms with Crippen molar-refractivity contribution in [2.45, 2.75) is 13.5 Å². The summed E-state index contributed by atoms with van der Waals surface area (Å²) >= 11 is 0. The molecule has 8 nitrogen and oxygen atoms in total. The second-order valence-electron chi connectivity index (χ2n) is 6.57. The third-order valence-electron chi connectivity index (χ3n) is 4.55. The monoisotopic (exact) mass is 401 g/mol. The Labute approximate surface area is 169 Å². The van der Waals surface area contributed by atoms with Gasteiger partial charge in [0.05, 0.1) is 0 Å². The Morgan fingerprint density at radius 3 is 2.67 bits per heavy atom. The van der Waals surface area contributed by atoms with Gasteiger partial charge in [-0.1, -0.05) is 35.5 Å². The average molecular weight is 401 g/mol. The summed E-state index contributed by atoms with van der Waals surface area (Å²) in [5, 5.41) is 13.1. The summed E-state index contributed by atoms with van der Waals surface area (Å²) < 4.78 is 22.0. The molecule has 3 heterocycles. The molecule has 148 valence electrons. The largest absolute Gasteiger partial charge is 0.484 e. The van der Waals surface area contributed by atoms with Gasteiger partial charge >= 0.3 is 5.63 Å². The van der Waals surface area contributed by atoms with Crippen molar-refractivity contribution in [2.24, 2.45) is 0 Å². The zero-order chi connectivity index (χ0) is 20.5. The van der Waals surface area contributed by atoms with Crippen LogP contribution in [0.5, 0.6) is 5.75 Å². The first-order valence-corrected chi connectivity index (χ1v) is 9.18. The Kier molecular flexibility index (Phi) is 4.36. The van der Waals surface area contributed by atoms with E-state index in [1.807, 2.05) is 30.3 Å². The topological polar surface area (TPSA) is 104 Å². The molecule has 0 aliphatic rings. The van der Waals surface area contributed by atoms with Crippen LogP contribution >= 0.6 is 0 Å². The molecular formula is C22H15N3O5. The normalized spacial score (nSPS) is 11.1. The lowest BCUT2D eigenvalue weighted by Gasteiger charge is -2.04. The van der Waals surface area contributed by atoms with Gasteiger partial charge in [-0.15, -0.1) is 10.2 Å². The van der Waals surface area contributed by atoms with Gasteiger partial charge in [0, 0.05) is 23.1 Å². The Bertz CT molecular complexity index is 1380. The molecule has 3 aromatic heterocycles. The van der Waals surface area contributed by atoms with Crippen molar-refractivity contribution in [2.75, 3.05) is 0 Å². The lowest BCUT2D eigenvalue weighted by molar-refractivity contribution is 0.264. The van der Waals surface area contributed by atoms with E-state index in [2.05, 4.69) is 15.4 Å². The van der Waals surface area contributed by atoms with Gasteiger partial charge in [0.2, 0.25) is 0 Å². The molecule has 0 spiro atoms. The fourth-order valence-electron chi connectivity index (χ4n) is 3.11. The molecule has 5 aromatic rings. The van der Waals surface area contributed by atoms with E-state index in [9.17, 15) is 4.79 Å². The minimum atomic E-state index is -0.417. The van der Waals surface area contributed by atoms with Crippen molar-refractivity contribution in [1.29, 1.82) is 0 Å². The minimum Gasteiger partial charge on any atom is -0.484 e. The van der Waals surface area contributed by atoms with Gasteiger partial charge in [-0.2, -0.15) is 0 Å². The van der Waals surface area contributed by atoms with Gasteiger partial charge in [-0.25, -0.2) is 4.79 Å². The predicted octanol–water partition coefficient (Wildman–Crippen LogP) is 4.39. The summed E-state index contributed by atoms with van der Waals surface area (Å²) in [6.45, 7) is 1.85. The van der Waals surface area contributed by atoms with Crippen LogP contribution in [0.2, 0.25) is 0 Å². The third-order valence-corrected chi connectivity index (χ3v) is 4.55. The van der Waals surface area contributed by atoms with E-state index in [-0.39, 0.29) is 6.61 Å². The summed E-state index contributed by atoms with van der Waals surface area (Å²) in [7, 11) is 0. The molecule has 0 N–H and O–H groups in total. The van der Waals surface area contributed by atoms with Crippen LogP contribution in [0.1, 0.15) is 11.7 Å². The third kappa shape index (κ3) is 3.35. The maximum Gasteiger partial charge on any atom is 0.336 e. The van der Waals surface area contributed by atoms with E-state index < -0.39 is 5.63 Å². The van der Waals surface area contributed by atoms with Crippen molar-refractivity contribution < 1.29 is 18.1 Å². The van der Waals surface area contributed by atoms with Crippen LogP contribution in [0.15, 0.2) is 78.8 Å². The number of hydrogen-bond acceptors (Lipinski definition) is 8. The molecule has 0 saturated carbocycles. The molecule has 0 fully saturated rings. The molecule has 0 saturated heterocycles. The van der Waals surface area contributed by atoms with Crippen LogP contribution in [-0.4, -0.2) is 15.4 Å². The van der Waals surface area contributed by atoms with Crippen LogP contribution < -0.4 is 10.4 Å². The SMILES string of the molecule is Cc1onc(-c2ccccc2)c1-c1nnc(COc2ccc3ccc(=O)oc3c2)o1. The van der Waals surface area contributed by atoms with Gasteiger partial charge in [0.1, 0.15) is 28.4 Å². The fourth-order valence-corrected chi connectivity index (χ4v) is 3.11. The van der Waals surface area contributed by atoms with Gasteiger partial charge in [0.25, 0.3) is 11.8 Å². The highest BCUT2D eigenvalue weighted by molar-refractivity contribution is 5.78. The summed E-state index contributed by atoms with van der Waals surface area (Å²) in [5.74, 6) is 1.69. The van der Waals surface area contributed by atoms with Crippen molar-refractivity contribution in [3.63, 3.8) is 0 Å². The Balaban J connectivity index is 1.38. The smallest absolute Gasteiger partial charge is 0.336 e. The maximum absolute atomic E-state index is 11.4. The van der Waals surface area contributed by atoms with Gasteiger partial charge < -0.3 is 18.1 Å². The molecular weight excluding hydrogens is 386 g/mol. The average Bonchev–Trinajstić information content (AvgIpc) is 3.38. The molecule has 8 heteroatoms. The van der Waals surface area contributed by atoms with E-state index in [0.29, 0.717) is 40.1 Å². The first kappa shape index (κ1) is 17.9. The Hall–Kier alpha value is -4.20. The molecule has 0 radical (unpaired) electrons. The molecule has 0 amide bonds. The number of hydrogen-bond donors (Lipinski definition) is 0. The first-order chi connectivity index (χ1) is 14.7. The van der Waals surface area contributed by atoms with Crippen molar-refractivity contribution in [3.05, 3.63) is 82.7 Å². The highest BCUT2D eigenvalue weighted by Gasteiger charge is 2.22. The number of rotatable bonds is 5. The standard InChI is InChI=1S/C22H15N3O5/c1-13-20(21(25-30-13)15-5-3-2-4-6-15)22-24-23-18(29-22)12-27-16-9-7-14-8-10-19(26)28-17(14)11-16/h2-11H,12H2,1H3. The molecule has 2 aromatic carbocycles. The highest BCUT2D eigenvalue weighted by atomic mass is 16.5. The fraction of sp³-hybridized carbons (Fsp3) is 0.0909. The van der Waals surface area contributed by atoms with E-state index in [1.54, 1.807) is 31.2 Å². The zero-order valence-corrected chi connectivity index (χ0v) is 15.9. The van der Waals surface area contributed by atoms with Crippen molar-refractivity contribution in [3.8, 4) is 28.5 Å². The van der Waals surface area contributed by atoms with Gasteiger partial charge in [-0.3, -0.25) is 0 Å². The van der Waals surface area contributed by atoms with E-state index in [4.69, 9.17) is 18.1 Å². The molecule has 0 bridgehead atoms. The van der Waals surface area contributed by atoms with Crippen LogP contribution in [0, 0.1) is 6.92 Å². The number of nitrogens with zero attached hydrogens (tertiary/aromatic N) is 3. The van der Waals surface area contributed by atoms with Crippen LogP contribution in [0.25, 0.3) is 33.7 Å². The molecule has 0 aliphatic carbocycles. The first-order valence-electron chi connectivity index (χ1n) is 9.18. The predicted molar refractivity (Wildman–Crippen MR) is 107 cm³/mol. The second kappa shape index (κ2) is 7.32. The van der Waals surface area contributed by atoms with E-state index >= 15 is 0 Å². The lowest BCUT2D eigenvalue weighted by atomic mass is 10.1. The molecule has 30 heavy (non-hydrogen) atoms. The molecule has 0 atom stereocenters. The van der Waals surface area contributed by atoms with E-state index in [1.165, 1.54) is 6.07 Å². The zero-order valence-electron chi connectivity index (χ0n) is 15.9. The molecule has 5 rings (SSSR count). The number of ether oxygens (including phenoxy) is 1. The summed E-state index contributed by atoms with van der Waals surface area (Å²) in [6, 6.07) is 17.9. The quantitative estimate of drug-likeness (QED) is 0.400. The number of fused-ring (bicyclic) bond motifs is 1. The summed E-state index contributed by atoms with van der Waals surface area (Å²) in [6.07, 6.45) is 0. The van der Waals surface area contributed by atoms with Crippen LogP contribution in [-0.2, 0) is 6.61 Å². The Morgan fingerprint density at radius 1 is 0.967 bits per heavy atom. The maximum atomic E-state index is 11.4. The van der Waals surface area contributed by atoms with Gasteiger partial charge in [-0.05, 0) is 25.1 Å². The van der Waals surface area contributed by atoms with Crippen molar-refractivity contribution >= 4 is 11.0 Å². The van der Waals surface area contributed by atoms with Crippen LogP contribution in [0.3, 0.4) is 0 Å². The van der Waals surface area contributed by atoms with Gasteiger partial charge in [0.15, 0.2) is 6.61 Å². The van der Waals surface area contributed by atoms with Crippen LogP contribution in [0.4, 0.5) is 0 Å². The van der Waals surface area contributed by atoms with E-state index in [0.717, 1.165) is 10.9 Å².